The Balaban J connectivity index is 1.91. The third-order valence-corrected chi connectivity index (χ3v) is 3.66. The lowest BCUT2D eigenvalue weighted by atomic mass is 10.1. The van der Waals surface area contributed by atoms with Crippen molar-refractivity contribution in [3.05, 3.63) is 57.6 Å². The van der Waals surface area contributed by atoms with E-state index in [-0.39, 0.29) is 18.2 Å². The number of rotatable bonds is 4. The van der Waals surface area contributed by atoms with Gasteiger partial charge in [-0.25, -0.2) is 0 Å². The van der Waals surface area contributed by atoms with E-state index in [9.17, 15) is 14.9 Å². The number of ether oxygens (including phenoxy) is 1. The molecule has 2 aromatic carbocycles. The fourth-order valence-electron chi connectivity index (χ4n) is 2.41. The molecule has 1 heterocycles. The van der Waals surface area contributed by atoms with Gasteiger partial charge in [0, 0.05) is 6.54 Å². The number of aryl methyl sites for hydroxylation is 1. The minimum absolute atomic E-state index is 0.0894. The summed E-state index contributed by atoms with van der Waals surface area (Å²) in [6.07, 6.45) is 0. The van der Waals surface area contributed by atoms with E-state index in [2.05, 4.69) is 10.6 Å². The summed E-state index contributed by atoms with van der Waals surface area (Å²) in [4.78, 5) is 22.2. The van der Waals surface area contributed by atoms with Crippen molar-refractivity contribution < 1.29 is 14.5 Å². The molecule has 0 spiro atoms. The fraction of sp³-hybridized carbons (Fsp3) is 0.188. The van der Waals surface area contributed by atoms with E-state index >= 15 is 0 Å². The van der Waals surface area contributed by atoms with Crippen LogP contribution in [0.4, 0.5) is 17.1 Å². The number of benzene rings is 2. The third kappa shape index (κ3) is 3.08. The van der Waals surface area contributed by atoms with Crippen LogP contribution < -0.4 is 15.4 Å². The van der Waals surface area contributed by atoms with Crippen LogP contribution in [0, 0.1) is 17.0 Å². The molecule has 1 amide bonds. The highest BCUT2D eigenvalue weighted by Gasteiger charge is 2.23. The van der Waals surface area contributed by atoms with E-state index in [0.717, 1.165) is 11.1 Å². The van der Waals surface area contributed by atoms with Gasteiger partial charge in [0.25, 0.3) is 11.6 Å². The average molecular weight is 313 g/mol. The molecule has 1 aliphatic rings. The van der Waals surface area contributed by atoms with Crippen LogP contribution in [-0.4, -0.2) is 17.4 Å². The maximum absolute atomic E-state index is 11.4. The standard InChI is InChI=1S/C16H15N3O4/c1-10-4-2-3-5-11(10)8-17-12-6-13-15(7-14(12)19(21)22)23-9-16(20)18-13/h2-7,17H,8-9H2,1H3,(H,18,20). The van der Waals surface area contributed by atoms with Crippen LogP contribution in [0.15, 0.2) is 36.4 Å². The molecule has 7 nitrogen and oxygen atoms in total. The van der Waals surface area contributed by atoms with Gasteiger partial charge in [-0.15, -0.1) is 0 Å². The molecule has 1 aliphatic heterocycles. The summed E-state index contributed by atoms with van der Waals surface area (Å²) in [6.45, 7) is 2.29. The van der Waals surface area contributed by atoms with E-state index < -0.39 is 4.92 Å². The van der Waals surface area contributed by atoms with Crippen molar-refractivity contribution in [1.82, 2.24) is 0 Å². The Hall–Kier alpha value is -3.09. The molecule has 118 valence electrons. The Bertz CT molecular complexity index is 789. The second-order valence-electron chi connectivity index (χ2n) is 5.24. The molecule has 0 saturated heterocycles. The summed E-state index contributed by atoms with van der Waals surface area (Å²) < 4.78 is 5.22. The highest BCUT2D eigenvalue weighted by atomic mass is 16.6. The number of carbonyl (C=O) groups excluding carboxylic acids is 1. The first-order valence-electron chi connectivity index (χ1n) is 7.08. The lowest BCUT2D eigenvalue weighted by molar-refractivity contribution is -0.384. The number of amides is 1. The van der Waals surface area contributed by atoms with Gasteiger partial charge >= 0.3 is 0 Å². The summed E-state index contributed by atoms with van der Waals surface area (Å²) in [5.74, 6) is 0.0222. The first-order valence-corrected chi connectivity index (χ1v) is 7.08. The summed E-state index contributed by atoms with van der Waals surface area (Å²) in [5, 5.41) is 17.0. The molecule has 2 aromatic rings. The smallest absolute Gasteiger partial charge is 0.296 e. The molecule has 0 atom stereocenters. The van der Waals surface area contributed by atoms with Crippen molar-refractivity contribution in [2.24, 2.45) is 0 Å². The van der Waals surface area contributed by atoms with Gasteiger partial charge in [0.15, 0.2) is 12.4 Å². The molecule has 0 radical (unpaired) electrons. The predicted molar refractivity (Wildman–Crippen MR) is 85.7 cm³/mol. The Kier molecular flexibility index (Phi) is 3.84. The van der Waals surface area contributed by atoms with Gasteiger partial charge in [-0.05, 0) is 24.1 Å². The SMILES string of the molecule is Cc1ccccc1CNc1cc2c(cc1[N+](=O)[O-])OCC(=O)N2. The van der Waals surface area contributed by atoms with E-state index in [1.165, 1.54) is 12.1 Å². The first kappa shape index (κ1) is 14.8. The third-order valence-electron chi connectivity index (χ3n) is 3.66. The van der Waals surface area contributed by atoms with E-state index in [1.54, 1.807) is 0 Å². The molecular formula is C16H15N3O4. The monoisotopic (exact) mass is 313 g/mol. The normalized spacial score (nSPS) is 12.8. The zero-order chi connectivity index (χ0) is 16.4. The quantitative estimate of drug-likeness (QED) is 0.668. The van der Waals surface area contributed by atoms with Crippen molar-refractivity contribution in [1.29, 1.82) is 0 Å². The Morgan fingerprint density at radius 2 is 2.13 bits per heavy atom. The molecule has 0 fully saturated rings. The topological polar surface area (TPSA) is 93.5 Å². The van der Waals surface area contributed by atoms with Crippen LogP contribution in [0.1, 0.15) is 11.1 Å². The summed E-state index contributed by atoms with van der Waals surface area (Å²) >= 11 is 0. The molecule has 0 saturated carbocycles. The van der Waals surface area contributed by atoms with Crippen LogP contribution in [-0.2, 0) is 11.3 Å². The second kappa shape index (κ2) is 5.96. The number of carbonyl (C=O) groups is 1. The van der Waals surface area contributed by atoms with Crippen molar-refractivity contribution in [3.8, 4) is 5.75 Å². The maximum atomic E-state index is 11.4. The van der Waals surface area contributed by atoms with Crippen LogP contribution in [0.2, 0.25) is 0 Å². The molecule has 0 unspecified atom stereocenters. The Morgan fingerprint density at radius 3 is 2.87 bits per heavy atom. The molecule has 3 rings (SSSR count). The van der Waals surface area contributed by atoms with Crippen molar-refractivity contribution in [2.75, 3.05) is 17.2 Å². The molecule has 0 aromatic heterocycles. The molecular weight excluding hydrogens is 298 g/mol. The number of nitrogens with zero attached hydrogens (tertiary/aromatic N) is 1. The zero-order valence-electron chi connectivity index (χ0n) is 12.5. The number of nitro groups is 1. The van der Waals surface area contributed by atoms with Gasteiger partial charge in [-0.3, -0.25) is 14.9 Å². The number of anilines is 2. The number of fused-ring (bicyclic) bond motifs is 1. The van der Waals surface area contributed by atoms with Crippen molar-refractivity contribution in [3.63, 3.8) is 0 Å². The lowest BCUT2D eigenvalue weighted by Gasteiger charge is -2.19. The number of nitro benzene ring substituents is 1. The van der Waals surface area contributed by atoms with Crippen molar-refractivity contribution in [2.45, 2.75) is 13.5 Å². The first-order chi connectivity index (χ1) is 11.0. The predicted octanol–water partition coefficient (Wildman–Crippen LogP) is 2.85. The van der Waals surface area contributed by atoms with Crippen LogP contribution >= 0.6 is 0 Å². The van der Waals surface area contributed by atoms with Crippen LogP contribution in [0.25, 0.3) is 0 Å². The fourth-order valence-corrected chi connectivity index (χ4v) is 2.41. The molecule has 7 heteroatoms. The van der Waals surface area contributed by atoms with Crippen LogP contribution in [0.3, 0.4) is 0 Å². The Labute approximate surface area is 132 Å². The summed E-state index contributed by atoms with van der Waals surface area (Å²) in [5.41, 5.74) is 2.81. The van der Waals surface area contributed by atoms with Gasteiger partial charge in [0.1, 0.15) is 5.69 Å². The second-order valence-corrected chi connectivity index (χ2v) is 5.24. The number of hydrogen-bond acceptors (Lipinski definition) is 5. The summed E-state index contributed by atoms with van der Waals surface area (Å²) in [6, 6.07) is 10.6. The Morgan fingerprint density at radius 1 is 1.35 bits per heavy atom. The zero-order valence-corrected chi connectivity index (χ0v) is 12.5. The lowest BCUT2D eigenvalue weighted by Crippen LogP contribution is -2.25. The van der Waals surface area contributed by atoms with Gasteiger partial charge in [0.05, 0.1) is 16.7 Å². The van der Waals surface area contributed by atoms with E-state index in [0.29, 0.717) is 23.7 Å². The summed E-state index contributed by atoms with van der Waals surface area (Å²) in [7, 11) is 0. The van der Waals surface area contributed by atoms with Gasteiger partial charge in [0.2, 0.25) is 0 Å². The molecule has 0 bridgehead atoms. The van der Waals surface area contributed by atoms with Gasteiger partial charge < -0.3 is 15.4 Å². The minimum Gasteiger partial charge on any atom is -0.481 e. The highest BCUT2D eigenvalue weighted by molar-refractivity contribution is 5.96. The average Bonchev–Trinajstić information content (AvgIpc) is 2.53. The largest absolute Gasteiger partial charge is 0.481 e. The van der Waals surface area contributed by atoms with Gasteiger partial charge in [-0.1, -0.05) is 24.3 Å². The molecule has 2 N–H and O–H groups in total. The molecule has 0 aliphatic carbocycles. The van der Waals surface area contributed by atoms with Gasteiger partial charge in [-0.2, -0.15) is 0 Å². The number of hydrogen-bond donors (Lipinski definition) is 2. The number of nitrogens with one attached hydrogen (secondary N) is 2. The van der Waals surface area contributed by atoms with E-state index in [4.69, 9.17) is 4.74 Å². The van der Waals surface area contributed by atoms with Crippen LogP contribution in [0.5, 0.6) is 5.75 Å². The van der Waals surface area contributed by atoms with Crippen molar-refractivity contribution >= 4 is 23.0 Å². The highest BCUT2D eigenvalue weighted by Crippen LogP contribution is 2.38. The minimum atomic E-state index is -0.472. The molecule has 23 heavy (non-hydrogen) atoms. The van der Waals surface area contributed by atoms with E-state index in [1.807, 2.05) is 31.2 Å². The maximum Gasteiger partial charge on any atom is 0.296 e.